The van der Waals surface area contributed by atoms with E-state index in [9.17, 15) is 4.79 Å². The smallest absolute Gasteiger partial charge is 0.407 e. The van der Waals surface area contributed by atoms with Crippen molar-refractivity contribution < 1.29 is 38.0 Å². The van der Waals surface area contributed by atoms with Gasteiger partial charge in [-0.2, -0.15) is 0 Å². The molecule has 1 saturated carbocycles. The highest BCUT2D eigenvalue weighted by molar-refractivity contribution is 5.67. The molecule has 0 spiro atoms. The maximum atomic E-state index is 12.9. The maximum absolute atomic E-state index is 12.9. The van der Waals surface area contributed by atoms with E-state index in [2.05, 4.69) is 84.6 Å². The van der Waals surface area contributed by atoms with Gasteiger partial charge in [-0.15, -0.1) is 0 Å². The van der Waals surface area contributed by atoms with Crippen LogP contribution in [0.3, 0.4) is 0 Å². The third-order valence-corrected chi connectivity index (χ3v) is 11.7. The van der Waals surface area contributed by atoms with Crippen LogP contribution in [-0.4, -0.2) is 67.9 Å². The second-order valence-electron chi connectivity index (χ2n) is 15.3. The van der Waals surface area contributed by atoms with Crippen LogP contribution in [0.1, 0.15) is 85.3 Å². The van der Waals surface area contributed by atoms with E-state index in [4.69, 9.17) is 33.2 Å². The van der Waals surface area contributed by atoms with Crippen LogP contribution in [0.5, 0.6) is 0 Å². The molecule has 2 aliphatic heterocycles. The minimum Gasteiger partial charge on any atom is -0.445 e. The summed E-state index contributed by atoms with van der Waals surface area (Å²) in [5.41, 5.74) is 2.17. The largest absolute Gasteiger partial charge is 0.445 e. The molecule has 3 fully saturated rings. The molecular weight excluding hydrogens is 658 g/mol. The van der Waals surface area contributed by atoms with Gasteiger partial charge in [0, 0.05) is 5.92 Å². The zero-order valence-electron chi connectivity index (χ0n) is 32.4. The molecule has 9 heteroatoms. The van der Waals surface area contributed by atoms with E-state index in [1.54, 1.807) is 6.08 Å². The summed E-state index contributed by atoms with van der Waals surface area (Å²) in [5.74, 6) is 0.993. The lowest BCUT2D eigenvalue weighted by Crippen LogP contribution is -2.61. The molecular formula is C43H63NO8. The van der Waals surface area contributed by atoms with E-state index in [0.29, 0.717) is 19.1 Å². The number of amides is 1. The lowest BCUT2D eigenvalue weighted by atomic mass is 9.76. The number of benzene rings is 2. The molecule has 9 nitrogen and oxygen atoms in total. The second-order valence-corrected chi connectivity index (χ2v) is 15.3. The third-order valence-electron chi connectivity index (χ3n) is 11.7. The number of ether oxygens (including phenoxy) is 7. The minimum absolute atomic E-state index is 0.00750. The quantitative estimate of drug-likeness (QED) is 0.183. The fourth-order valence-corrected chi connectivity index (χ4v) is 8.23. The summed E-state index contributed by atoms with van der Waals surface area (Å²) >= 11 is 0. The van der Waals surface area contributed by atoms with Crippen molar-refractivity contribution in [3.8, 4) is 0 Å². The number of hydrogen-bond acceptors (Lipinski definition) is 8. The second kappa shape index (κ2) is 19.5. The zero-order chi connectivity index (χ0) is 37.2. The van der Waals surface area contributed by atoms with Gasteiger partial charge in [-0.05, 0) is 61.0 Å². The predicted molar refractivity (Wildman–Crippen MR) is 201 cm³/mol. The van der Waals surface area contributed by atoms with Crippen molar-refractivity contribution in [2.45, 2.75) is 143 Å². The van der Waals surface area contributed by atoms with Gasteiger partial charge >= 0.3 is 6.09 Å². The molecule has 2 heterocycles. The molecule has 2 aromatic carbocycles. The summed E-state index contributed by atoms with van der Waals surface area (Å²) < 4.78 is 46.4. The number of rotatable bonds is 15. The highest BCUT2D eigenvalue weighted by Gasteiger charge is 2.50. The van der Waals surface area contributed by atoms with Gasteiger partial charge < -0.3 is 38.5 Å². The lowest BCUT2D eigenvalue weighted by Gasteiger charge is -2.50. The number of nitrogens with one attached hydrogen (secondary N) is 1. The maximum Gasteiger partial charge on any atom is 0.407 e. The van der Waals surface area contributed by atoms with Gasteiger partial charge in [-0.1, -0.05) is 121 Å². The molecule has 0 aromatic heterocycles. The Morgan fingerprint density at radius 3 is 2.00 bits per heavy atom. The van der Waals surface area contributed by atoms with Crippen molar-refractivity contribution >= 4 is 6.09 Å². The molecule has 0 bridgehead atoms. The van der Waals surface area contributed by atoms with E-state index in [0.717, 1.165) is 36.8 Å². The fourth-order valence-electron chi connectivity index (χ4n) is 8.23. The first kappa shape index (κ1) is 40.4. The molecule has 2 saturated heterocycles. The van der Waals surface area contributed by atoms with Crippen molar-refractivity contribution in [2.24, 2.45) is 29.6 Å². The third kappa shape index (κ3) is 10.2. The Bertz CT molecular complexity index is 1360. The van der Waals surface area contributed by atoms with Gasteiger partial charge in [-0.3, -0.25) is 0 Å². The van der Waals surface area contributed by atoms with Crippen molar-refractivity contribution in [1.29, 1.82) is 0 Å². The Balaban J connectivity index is 1.42. The molecule has 6 unspecified atom stereocenters. The standard InChI is InChI=1S/C43H63NO8/c1-9-22-46-43(45)44-37-29(6)28(5)35(11-3)50-41(37)51-36-24-27(4)23-34(10-2)39(36)52-42-40(48-26-33-20-16-13-17-21-33)38(30(7)31(8)49-42)47-25-32-18-14-12-15-19-32/h9,12-21,27-31,34-42H,1,10-11,22-26H2,2-8H3,(H,44,45)/t27?,28-,29?,30-,31?,34?,35+,36-,37?,38+,39-,40?,41+,42+/m1/s1. The van der Waals surface area contributed by atoms with Crippen LogP contribution >= 0.6 is 0 Å². The molecule has 3 aliphatic rings. The molecule has 0 radical (unpaired) electrons. The summed E-state index contributed by atoms with van der Waals surface area (Å²) in [5, 5.41) is 3.07. The molecule has 52 heavy (non-hydrogen) atoms. The van der Waals surface area contributed by atoms with E-state index in [1.807, 2.05) is 36.4 Å². The fraction of sp³-hybridized carbons (Fsp3) is 0.651. The van der Waals surface area contributed by atoms with Crippen molar-refractivity contribution in [3.63, 3.8) is 0 Å². The monoisotopic (exact) mass is 721 g/mol. The van der Waals surface area contributed by atoms with Crippen molar-refractivity contribution in [1.82, 2.24) is 5.32 Å². The average Bonchev–Trinajstić information content (AvgIpc) is 3.15. The van der Waals surface area contributed by atoms with Crippen LogP contribution in [-0.2, 0) is 46.4 Å². The molecule has 1 amide bonds. The molecule has 14 atom stereocenters. The van der Waals surface area contributed by atoms with Crippen LogP contribution in [0.25, 0.3) is 0 Å². The van der Waals surface area contributed by atoms with E-state index < -0.39 is 30.8 Å². The summed E-state index contributed by atoms with van der Waals surface area (Å²) in [7, 11) is 0. The van der Waals surface area contributed by atoms with E-state index >= 15 is 0 Å². The molecule has 288 valence electrons. The molecule has 2 aromatic rings. The Labute approximate surface area is 312 Å². The number of carbonyl (C=O) groups is 1. The number of alkyl carbamates (subject to hydrolysis) is 1. The minimum atomic E-state index is -0.688. The Kier molecular flexibility index (Phi) is 15.2. The summed E-state index contributed by atoms with van der Waals surface area (Å²) in [6.45, 7) is 19.9. The topological polar surface area (TPSA) is 93.7 Å². The first-order valence-corrected chi connectivity index (χ1v) is 19.6. The zero-order valence-corrected chi connectivity index (χ0v) is 32.4. The SMILES string of the molecule is C=CCOC(=O)NC1C(C)[C@@H](C)[C@H](CC)O[C@H]1O[C@@H]1CC(C)CC(CC)[C@H]1O[C@@H]1OC(C)[C@@H](C)[C@H](OCc2ccccc2)C1OCc1ccccc1. The van der Waals surface area contributed by atoms with E-state index in [1.165, 1.54) is 0 Å². The Morgan fingerprint density at radius 2 is 1.40 bits per heavy atom. The summed E-state index contributed by atoms with van der Waals surface area (Å²) in [6, 6.07) is 20.0. The van der Waals surface area contributed by atoms with Crippen LogP contribution < -0.4 is 5.32 Å². The first-order chi connectivity index (χ1) is 25.1. The number of carbonyl (C=O) groups excluding carboxylic acids is 1. The van der Waals surface area contributed by atoms with Gasteiger partial charge in [0.05, 0.1) is 49.8 Å². The molecule has 5 rings (SSSR count). The Morgan fingerprint density at radius 1 is 0.769 bits per heavy atom. The van der Waals surface area contributed by atoms with Crippen LogP contribution in [0, 0.1) is 29.6 Å². The van der Waals surface area contributed by atoms with Crippen LogP contribution in [0.4, 0.5) is 4.79 Å². The van der Waals surface area contributed by atoms with Crippen molar-refractivity contribution in [2.75, 3.05) is 6.61 Å². The average molecular weight is 722 g/mol. The lowest BCUT2D eigenvalue weighted by molar-refractivity contribution is -0.337. The van der Waals surface area contributed by atoms with Gasteiger partial charge in [0.15, 0.2) is 12.6 Å². The van der Waals surface area contributed by atoms with Gasteiger partial charge in [0.2, 0.25) is 0 Å². The van der Waals surface area contributed by atoms with Crippen LogP contribution in [0.15, 0.2) is 73.3 Å². The van der Waals surface area contributed by atoms with Gasteiger partial charge in [0.25, 0.3) is 0 Å². The summed E-state index contributed by atoms with van der Waals surface area (Å²) in [4.78, 5) is 12.9. The first-order valence-electron chi connectivity index (χ1n) is 19.6. The highest BCUT2D eigenvalue weighted by atomic mass is 16.7. The van der Waals surface area contributed by atoms with Crippen molar-refractivity contribution in [3.05, 3.63) is 84.4 Å². The van der Waals surface area contributed by atoms with E-state index in [-0.39, 0.29) is 60.8 Å². The predicted octanol–water partition coefficient (Wildman–Crippen LogP) is 8.45. The highest BCUT2D eigenvalue weighted by Crippen LogP contribution is 2.41. The van der Waals surface area contributed by atoms with Gasteiger partial charge in [0.1, 0.15) is 12.7 Å². The van der Waals surface area contributed by atoms with Gasteiger partial charge in [-0.25, -0.2) is 4.79 Å². The molecule has 1 N–H and O–H groups in total. The molecule has 1 aliphatic carbocycles. The number of hydrogen-bond donors (Lipinski definition) is 1. The normalized spacial score (nSPS) is 36.5. The summed E-state index contributed by atoms with van der Waals surface area (Å²) in [6.07, 6.45) is 1.75. The van der Waals surface area contributed by atoms with Crippen LogP contribution in [0.2, 0.25) is 0 Å². The Hall–Kier alpha value is -2.79.